The molecule has 0 amide bonds. The van der Waals surface area contributed by atoms with E-state index in [4.69, 9.17) is 4.74 Å². The molecule has 0 spiro atoms. The minimum absolute atomic E-state index is 0.131. The summed E-state index contributed by atoms with van der Waals surface area (Å²) in [7, 11) is 0. The zero-order valence-corrected chi connectivity index (χ0v) is 14.6. The van der Waals surface area contributed by atoms with Gasteiger partial charge in [0, 0.05) is 15.6 Å². The van der Waals surface area contributed by atoms with E-state index >= 15 is 0 Å². The van der Waals surface area contributed by atoms with E-state index in [9.17, 15) is 9.59 Å². The van der Waals surface area contributed by atoms with E-state index in [0.29, 0.717) is 23.2 Å². The second kappa shape index (κ2) is 5.60. The number of rotatable bonds is 1. The molecule has 0 saturated carbocycles. The van der Waals surface area contributed by atoms with Crippen molar-refractivity contribution in [1.29, 1.82) is 0 Å². The lowest BCUT2D eigenvalue weighted by molar-refractivity contribution is 0.0847. The Morgan fingerprint density at radius 1 is 1.04 bits per heavy atom. The average Bonchev–Trinajstić information content (AvgIpc) is 2.59. The van der Waals surface area contributed by atoms with Crippen LogP contribution in [0, 0.1) is 6.92 Å². The Balaban J connectivity index is 1.73. The van der Waals surface area contributed by atoms with E-state index in [1.165, 1.54) is 0 Å². The number of ether oxygens (including phenoxy) is 1. The Bertz CT molecular complexity index is 917. The molecule has 1 aliphatic carbocycles. The van der Waals surface area contributed by atoms with Crippen LogP contribution in [0.5, 0.6) is 0 Å². The number of anilines is 1. The van der Waals surface area contributed by atoms with Crippen LogP contribution in [0.3, 0.4) is 0 Å². The van der Waals surface area contributed by atoms with Crippen LogP contribution in [-0.4, -0.2) is 24.8 Å². The highest BCUT2D eigenvalue weighted by molar-refractivity contribution is 9.10. The van der Waals surface area contributed by atoms with Crippen LogP contribution in [-0.2, 0) is 4.74 Å². The molecule has 120 valence electrons. The molecule has 2 aromatic rings. The normalized spacial score (nSPS) is 16.7. The summed E-state index contributed by atoms with van der Waals surface area (Å²) in [5.74, 6) is -0.144. The van der Waals surface area contributed by atoms with Gasteiger partial charge in [-0.2, -0.15) is 0 Å². The third kappa shape index (κ3) is 2.27. The van der Waals surface area contributed by atoms with Gasteiger partial charge in [0.2, 0.25) is 5.78 Å². The molecule has 0 fully saturated rings. The second-order valence-corrected chi connectivity index (χ2v) is 6.79. The lowest BCUT2D eigenvalue weighted by atomic mass is 9.87. The third-order valence-corrected chi connectivity index (χ3v) is 4.96. The maximum atomic E-state index is 12.8. The smallest absolute Gasteiger partial charge is 0.228 e. The number of nitrogens with zero attached hydrogens (tertiary/aromatic N) is 1. The Morgan fingerprint density at radius 2 is 1.75 bits per heavy atom. The number of aryl methyl sites for hydroxylation is 1. The number of carbonyl (C=O) groups is 2. The molecule has 1 aliphatic heterocycles. The van der Waals surface area contributed by atoms with Crippen molar-refractivity contribution in [1.82, 2.24) is 0 Å². The molecule has 0 unspecified atom stereocenters. The Kier molecular flexibility index (Phi) is 3.53. The monoisotopic (exact) mass is 383 g/mol. The Hall–Kier alpha value is -2.40. The van der Waals surface area contributed by atoms with Crippen molar-refractivity contribution in [2.75, 3.05) is 18.2 Å². The molecule has 0 saturated heterocycles. The zero-order valence-electron chi connectivity index (χ0n) is 13.0. The van der Waals surface area contributed by atoms with E-state index in [1.807, 2.05) is 30.0 Å². The van der Waals surface area contributed by atoms with Crippen molar-refractivity contribution < 1.29 is 14.3 Å². The summed E-state index contributed by atoms with van der Waals surface area (Å²) in [5, 5.41) is 0. The third-order valence-electron chi connectivity index (χ3n) is 4.33. The number of hydrogen-bond donors (Lipinski definition) is 0. The van der Waals surface area contributed by atoms with Gasteiger partial charge in [0.05, 0.1) is 17.8 Å². The van der Waals surface area contributed by atoms with E-state index < -0.39 is 0 Å². The van der Waals surface area contributed by atoms with Crippen molar-refractivity contribution in [2.24, 2.45) is 0 Å². The average molecular weight is 384 g/mol. The van der Waals surface area contributed by atoms with Gasteiger partial charge in [-0.1, -0.05) is 30.3 Å². The van der Waals surface area contributed by atoms with Crippen LogP contribution < -0.4 is 4.90 Å². The summed E-state index contributed by atoms with van der Waals surface area (Å²) < 4.78 is 6.62. The molecule has 0 bridgehead atoms. The molecular weight excluding hydrogens is 370 g/mol. The van der Waals surface area contributed by atoms with Gasteiger partial charge in [-0.05, 0) is 40.5 Å². The molecule has 5 heteroatoms. The first-order valence-electron chi connectivity index (χ1n) is 7.62. The van der Waals surface area contributed by atoms with Crippen LogP contribution in [0.15, 0.2) is 58.3 Å². The van der Waals surface area contributed by atoms with Gasteiger partial charge in [0.1, 0.15) is 0 Å². The van der Waals surface area contributed by atoms with Crippen LogP contribution in [0.2, 0.25) is 0 Å². The van der Waals surface area contributed by atoms with Crippen molar-refractivity contribution in [3.05, 3.63) is 75.0 Å². The quantitative estimate of drug-likeness (QED) is 0.749. The standard InChI is InChI=1S/C19H14BrNO3/c1-11-6-7-16(15(20)8-11)21-9-14-17(22)12-4-2-3-5-13(12)18(23)19(14)24-10-21/h2-8H,9-10H2,1H3. The van der Waals surface area contributed by atoms with Gasteiger partial charge >= 0.3 is 0 Å². The van der Waals surface area contributed by atoms with Gasteiger partial charge in [-0.15, -0.1) is 0 Å². The summed E-state index contributed by atoms with van der Waals surface area (Å²) in [5.41, 5.74) is 3.38. The molecule has 1 heterocycles. The van der Waals surface area contributed by atoms with Crippen molar-refractivity contribution >= 4 is 33.2 Å². The number of benzene rings is 2. The number of allylic oxidation sites excluding steroid dienone is 1. The molecule has 0 radical (unpaired) electrons. The van der Waals surface area contributed by atoms with Crippen molar-refractivity contribution in [2.45, 2.75) is 6.92 Å². The minimum atomic E-state index is -0.206. The highest BCUT2D eigenvalue weighted by atomic mass is 79.9. The number of Topliss-reactive ketones (excluding diaryl/α,β-unsaturated/α-hetero) is 2. The molecule has 2 aliphatic rings. The van der Waals surface area contributed by atoms with E-state index in [0.717, 1.165) is 15.7 Å². The molecule has 0 atom stereocenters. The van der Waals surface area contributed by atoms with Crippen molar-refractivity contribution in [3.8, 4) is 0 Å². The predicted molar refractivity (Wildman–Crippen MR) is 94.3 cm³/mol. The number of halogens is 1. The molecule has 4 rings (SSSR count). The first-order chi connectivity index (χ1) is 11.6. The molecule has 2 aromatic carbocycles. The highest BCUT2D eigenvalue weighted by Crippen LogP contribution is 2.34. The summed E-state index contributed by atoms with van der Waals surface area (Å²) in [6.07, 6.45) is 0. The fourth-order valence-corrected chi connectivity index (χ4v) is 3.85. The minimum Gasteiger partial charge on any atom is -0.468 e. The summed E-state index contributed by atoms with van der Waals surface area (Å²) in [6.45, 7) is 2.61. The van der Waals surface area contributed by atoms with Gasteiger partial charge in [-0.25, -0.2) is 0 Å². The second-order valence-electron chi connectivity index (χ2n) is 5.94. The Labute approximate surface area is 147 Å². The highest BCUT2D eigenvalue weighted by Gasteiger charge is 2.37. The van der Waals surface area contributed by atoms with Crippen LogP contribution in [0.1, 0.15) is 26.3 Å². The number of carbonyl (C=O) groups excluding carboxylic acids is 2. The Morgan fingerprint density at radius 3 is 2.46 bits per heavy atom. The number of hydrogen-bond acceptors (Lipinski definition) is 4. The van der Waals surface area contributed by atoms with Crippen LogP contribution in [0.25, 0.3) is 0 Å². The lowest BCUT2D eigenvalue weighted by Crippen LogP contribution is -2.39. The fraction of sp³-hybridized carbons (Fsp3) is 0.158. The number of fused-ring (bicyclic) bond motifs is 1. The zero-order chi connectivity index (χ0) is 16.8. The van der Waals surface area contributed by atoms with Gasteiger partial charge in [-0.3, -0.25) is 9.59 Å². The number of ketones is 2. The van der Waals surface area contributed by atoms with E-state index in [-0.39, 0.29) is 24.1 Å². The topological polar surface area (TPSA) is 46.6 Å². The largest absolute Gasteiger partial charge is 0.468 e. The van der Waals surface area contributed by atoms with Gasteiger partial charge in [0.15, 0.2) is 18.3 Å². The fourth-order valence-electron chi connectivity index (χ4n) is 3.10. The van der Waals surface area contributed by atoms with E-state index in [1.54, 1.807) is 24.3 Å². The maximum absolute atomic E-state index is 12.8. The first kappa shape index (κ1) is 15.1. The maximum Gasteiger partial charge on any atom is 0.228 e. The van der Waals surface area contributed by atoms with Crippen LogP contribution >= 0.6 is 15.9 Å². The molecule has 4 nitrogen and oxygen atoms in total. The molecular formula is C19H14BrNO3. The predicted octanol–water partition coefficient (Wildman–Crippen LogP) is 3.88. The van der Waals surface area contributed by atoms with E-state index in [2.05, 4.69) is 15.9 Å². The van der Waals surface area contributed by atoms with Crippen LogP contribution in [0.4, 0.5) is 5.69 Å². The summed E-state index contributed by atoms with van der Waals surface area (Å²) in [6, 6.07) is 12.9. The van der Waals surface area contributed by atoms with Crippen molar-refractivity contribution in [3.63, 3.8) is 0 Å². The van der Waals surface area contributed by atoms with Gasteiger partial charge in [0.25, 0.3) is 0 Å². The summed E-state index contributed by atoms with van der Waals surface area (Å²) in [4.78, 5) is 27.3. The SMILES string of the molecule is Cc1ccc(N2COC3=C(C2)C(=O)c2ccccc2C3=O)c(Br)c1. The molecule has 0 N–H and O–H groups in total. The molecule has 0 aromatic heterocycles. The lowest BCUT2D eigenvalue weighted by Gasteiger charge is -2.34. The summed E-state index contributed by atoms with van der Waals surface area (Å²) >= 11 is 3.56. The molecule has 24 heavy (non-hydrogen) atoms. The first-order valence-corrected chi connectivity index (χ1v) is 8.41. The van der Waals surface area contributed by atoms with Gasteiger partial charge < -0.3 is 9.64 Å².